The molecule has 0 unspecified atom stereocenters. The van der Waals surface area contributed by atoms with E-state index in [1.807, 2.05) is 24.3 Å². The zero-order valence-electron chi connectivity index (χ0n) is 20.9. The number of ether oxygens (including phenoxy) is 3. The van der Waals surface area contributed by atoms with Gasteiger partial charge in [-0.15, -0.1) is 0 Å². The molecule has 0 aliphatic carbocycles. The van der Waals surface area contributed by atoms with Gasteiger partial charge in [0.25, 0.3) is 10.0 Å². The number of hydrogen-bond donors (Lipinski definition) is 0. The molecule has 9 nitrogen and oxygen atoms in total. The van der Waals surface area contributed by atoms with Crippen molar-refractivity contribution in [3.8, 4) is 17.2 Å². The predicted molar refractivity (Wildman–Crippen MR) is 140 cm³/mol. The number of fused-ring (bicyclic) bond motifs is 1. The highest BCUT2D eigenvalue weighted by molar-refractivity contribution is 7.92. The summed E-state index contributed by atoms with van der Waals surface area (Å²) in [6.45, 7) is 2.21. The van der Waals surface area contributed by atoms with Crippen LogP contribution in [0.5, 0.6) is 17.2 Å². The fourth-order valence-corrected chi connectivity index (χ4v) is 5.97. The van der Waals surface area contributed by atoms with E-state index in [2.05, 4.69) is 4.90 Å². The van der Waals surface area contributed by atoms with E-state index in [1.165, 1.54) is 30.3 Å². The maximum Gasteiger partial charge on any atom is 0.264 e. The van der Waals surface area contributed by atoms with Gasteiger partial charge in [-0.1, -0.05) is 12.1 Å². The number of carbonyl (C=O) groups is 1. The maximum absolute atomic E-state index is 13.8. The average Bonchev–Trinajstić information content (AvgIpc) is 2.96. The summed E-state index contributed by atoms with van der Waals surface area (Å²) in [5.41, 5.74) is 1.12. The number of benzene rings is 3. The van der Waals surface area contributed by atoms with E-state index in [-0.39, 0.29) is 16.5 Å². The van der Waals surface area contributed by atoms with Gasteiger partial charge in [-0.05, 0) is 48.5 Å². The van der Waals surface area contributed by atoms with Crippen LogP contribution in [0.2, 0.25) is 0 Å². The van der Waals surface area contributed by atoms with E-state index >= 15 is 0 Å². The second-order valence-electron chi connectivity index (χ2n) is 8.83. The standard InChI is InChI=1S/C27H28FN3O6S/c1-35-24-5-3-2-4-23(24)29-12-14-30(15-13-29)27(32)19-31(21-8-6-20(28)7-9-21)38(33,34)22-10-11-25-26(18-22)37-17-16-36-25/h2-11,18H,12-17,19H2,1H3. The Bertz CT molecular complexity index is 1410. The molecule has 0 spiro atoms. The van der Waals surface area contributed by atoms with Gasteiger partial charge in [0, 0.05) is 32.2 Å². The summed E-state index contributed by atoms with van der Waals surface area (Å²) in [4.78, 5) is 17.1. The van der Waals surface area contributed by atoms with Crippen molar-refractivity contribution in [2.75, 3.05) is 62.3 Å². The minimum absolute atomic E-state index is 0.0557. The van der Waals surface area contributed by atoms with E-state index in [9.17, 15) is 17.6 Å². The highest BCUT2D eigenvalue weighted by atomic mass is 32.2. The average molecular weight is 542 g/mol. The molecule has 3 aromatic rings. The molecule has 1 saturated heterocycles. The molecule has 0 aromatic heterocycles. The van der Waals surface area contributed by atoms with Gasteiger partial charge in [-0.2, -0.15) is 0 Å². The molecule has 2 aliphatic rings. The first-order valence-electron chi connectivity index (χ1n) is 12.2. The molecular formula is C27H28FN3O6S. The summed E-state index contributed by atoms with van der Waals surface area (Å²) in [6, 6.07) is 17.0. The maximum atomic E-state index is 13.8. The van der Waals surface area contributed by atoms with Crippen LogP contribution in [0.25, 0.3) is 0 Å². The Labute approximate surface area is 221 Å². The number of methoxy groups -OCH3 is 1. The van der Waals surface area contributed by atoms with Crippen LogP contribution in [0.1, 0.15) is 0 Å². The summed E-state index contributed by atoms with van der Waals surface area (Å²) in [6.07, 6.45) is 0. The van der Waals surface area contributed by atoms with Crippen LogP contribution in [-0.4, -0.2) is 72.3 Å². The molecule has 38 heavy (non-hydrogen) atoms. The second-order valence-corrected chi connectivity index (χ2v) is 10.7. The van der Waals surface area contributed by atoms with Gasteiger partial charge in [0.05, 0.1) is 23.4 Å². The first-order chi connectivity index (χ1) is 18.4. The number of anilines is 2. The van der Waals surface area contributed by atoms with Gasteiger partial charge < -0.3 is 24.0 Å². The molecule has 0 saturated carbocycles. The minimum atomic E-state index is -4.20. The van der Waals surface area contributed by atoms with E-state index in [0.29, 0.717) is 50.9 Å². The van der Waals surface area contributed by atoms with E-state index in [0.717, 1.165) is 27.9 Å². The molecule has 0 N–H and O–H groups in total. The molecule has 5 rings (SSSR count). The number of hydrogen-bond acceptors (Lipinski definition) is 7. The summed E-state index contributed by atoms with van der Waals surface area (Å²) in [7, 11) is -2.58. The third-order valence-electron chi connectivity index (χ3n) is 6.55. The third-order valence-corrected chi connectivity index (χ3v) is 8.32. The van der Waals surface area contributed by atoms with Crippen LogP contribution >= 0.6 is 0 Å². The molecule has 200 valence electrons. The SMILES string of the molecule is COc1ccccc1N1CCN(C(=O)CN(c2ccc(F)cc2)S(=O)(=O)c2ccc3c(c2)OCCO3)CC1. The van der Waals surface area contributed by atoms with Gasteiger partial charge in [0.15, 0.2) is 11.5 Å². The van der Waals surface area contributed by atoms with E-state index in [4.69, 9.17) is 14.2 Å². The van der Waals surface area contributed by atoms with Crippen LogP contribution < -0.4 is 23.4 Å². The van der Waals surface area contributed by atoms with Gasteiger partial charge in [-0.3, -0.25) is 9.10 Å². The van der Waals surface area contributed by atoms with E-state index < -0.39 is 22.4 Å². The summed E-state index contributed by atoms with van der Waals surface area (Å²) in [5, 5.41) is 0. The number of amides is 1. The molecular weight excluding hydrogens is 513 g/mol. The Hall–Kier alpha value is -3.99. The smallest absolute Gasteiger partial charge is 0.264 e. The van der Waals surface area contributed by atoms with Crippen LogP contribution in [0.4, 0.5) is 15.8 Å². The fourth-order valence-electron chi connectivity index (χ4n) is 4.54. The van der Waals surface area contributed by atoms with E-state index in [1.54, 1.807) is 12.0 Å². The number of carbonyl (C=O) groups excluding carboxylic acids is 1. The fraction of sp³-hybridized carbons (Fsp3) is 0.296. The lowest BCUT2D eigenvalue weighted by Gasteiger charge is -2.37. The van der Waals surface area contributed by atoms with Crippen LogP contribution in [-0.2, 0) is 14.8 Å². The molecule has 2 heterocycles. The number of rotatable bonds is 7. The highest BCUT2D eigenvalue weighted by Crippen LogP contribution is 2.34. The lowest BCUT2D eigenvalue weighted by atomic mass is 10.2. The Kier molecular flexibility index (Phi) is 7.28. The van der Waals surface area contributed by atoms with Crippen molar-refractivity contribution in [3.63, 3.8) is 0 Å². The molecule has 11 heteroatoms. The monoisotopic (exact) mass is 541 g/mol. The van der Waals surface area contributed by atoms with Crippen molar-refractivity contribution in [3.05, 3.63) is 72.5 Å². The number of halogens is 1. The zero-order chi connectivity index (χ0) is 26.7. The molecule has 0 bridgehead atoms. The number of para-hydroxylation sites is 2. The first kappa shape index (κ1) is 25.7. The highest BCUT2D eigenvalue weighted by Gasteiger charge is 2.31. The zero-order valence-corrected chi connectivity index (χ0v) is 21.7. The van der Waals surface area contributed by atoms with Crippen molar-refractivity contribution >= 4 is 27.3 Å². The second kappa shape index (κ2) is 10.8. The molecule has 2 aliphatic heterocycles. The van der Waals surface area contributed by atoms with Gasteiger partial charge in [0.1, 0.15) is 31.3 Å². The van der Waals surface area contributed by atoms with Crippen molar-refractivity contribution in [2.45, 2.75) is 4.90 Å². The molecule has 3 aromatic carbocycles. The van der Waals surface area contributed by atoms with Gasteiger partial charge in [-0.25, -0.2) is 12.8 Å². The third kappa shape index (κ3) is 5.19. The van der Waals surface area contributed by atoms with Gasteiger partial charge in [0.2, 0.25) is 5.91 Å². The summed E-state index contributed by atoms with van der Waals surface area (Å²) >= 11 is 0. The number of piperazine rings is 1. The summed E-state index contributed by atoms with van der Waals surface area (Å²) < 4.78 is 58.7. The lowest BCUT2D eigenvalue weighted by Crippen LogP contribution is -2.52. The number of nitrogens with zero attached hydrogens (tertiary/aromatic N) is 3. The molecule has 1 fully saturated rings. The van der Waals surface area contributed by atoms with Crippen molar-refractivity contribution in [2.24, 2.45) is 0 Å². The Morgan fingerprint density at radius 2 is 1.63 bits per heavy atom. The normalized spacial score (nSPS) is 15.2. The van der Waals surface area contributed by atoms with Crippen molar-refractivity contribution in [1.82, 2.24) is 4.90 Å². The topological polar surface area (TPSA) is 88.6 Å². The van der Waals surface area contributed by atoms with Crippen LogP contribution in [0.3, 0.4) is 0 Å². The number of sulfonamides is 1. The van der Waals surface area contributed by atoms with Crippen molar-refractivity contribution in [1.29, 1.82) is 0 Å². The Morgan fingerprint density at radius 3 is 2.34 bits per heavy atom. The lowest BCUT2D eigenvalue weighted by molar-refractivity contribution is -0.129. The van der Waals surface area contributed by atoms with Gasteiger partial charge >= 0.3 is 0 Å². The largest absolute Gasteiger partial charge is 0.495 e. The minimum Gasteiger partial charge on any atom is -0.495 e. The Morgan fingerprint density at radius 1 is 0.947 bits per heavy atom. The van der Waals surface area contributed by atoms with Crippen LogP contribution in [0.15, 0.2) is 71.6 Å². The molecule has 1 amide bonds. The van der Waals surface area contributed by atoms with Crippen molar-refractivity contribution < 1.29 is 31.8 Å². The first-order valence-corrected chi connectivity index (χ1v) is 13.6. The molecule has 0 atom stereocenters. The predicted octanol–water partition coefficient (Wildman–Crippen LogP) is 3.15. The summed E-state index contributed by atoms with van der Waals surface area (Å²) in [5.74, 6) is 0.655. The molecule has 0 radical (unpaired) electrons. The van der Waals surface area contributed by atoms with Crippen LogP contribution in [0, 0.1) is 5.82 Å². The quantitative estimate of drug-likeness (QED) is 0.454. The Balaban J connectivity index is 1.36.